The SMILES string of the molecule is Cc1cc(C(=O)Nc2ccccc2C#CCO)n(C)n1. The first-order valence-corrected chi connectivity index (χ1v) is 6.12. The van der Waals surface area contributed by atoms with Gasteiger partial charge in [-0.05, 0) is 25.1 Å². The van der Waals surface area contributed by atoms with Gasteiger partial charge in [0.05, 0.1) is 11.4 Å². The summed E-state index contributed by atoms with van der Waals surface area (Å²) in [5.41, 5.74) is 2.53. The van der Waals surface area contributed by atoms with E-state index in [2.05, 4.69) is 22.3 Å². The van der Waals surface area contributed by atoms with Gasteiger partial charge in [0.1, 0.15) is 12.3 Å². The average Bonchev–Trinajstić information content (AvgIpc) is 2.77. The molecule has 1 aromatic heterocycles. The Kier molecular flexibility index (Phi) is 4.18. The summed E-state index contributed by atoms with van der Waals surface area (Å²) in [7, 11) is 1.72. The number of carbonyl (C=O) groups is 1. The van der Waals surface area contributed by atoms with Crippen molar-refractivity contribution >= 4 is 11.6 Å². The molecule has 1 aromatic carbocycles. The van der Waals surface area contributed by atoms with E-state index in [1.54, 1.807) is 25.2 Å². The van der Waals surface area contributed by atoms with Crippen molar-refractivity contribution in [1.29, 1.82) is 0 Å². The van der Waals surface area contributed by atoms with E-state index in [0.717, 1.165) is 5.69 Å². The van der Waals surface area contributed by atoms with Crippen molar-refractivity contribution < 1.29 is 9.90 Å². The first kappa shape index (κ1) is 13.8. The Labute approximate surface area is 117 Å². The van der Waals surface area contributed by atoms with Crippen LogP contribution in [0.25, 0.3) is 0 Å². The molecule has 0 saturated carbocycles. The van der Waals surface area contributed by atoms with Gasteiger partial charge in [-0.25, -0.2) is 0 Å². The second-order valence-electron chi connectivity index (χ2n) is 4.25. The number of hydrogen-bond acceptors (Lipinski definition) is 3. The van der Waals surface area contributed by atoms with E-state index in [-0.39, 0.29) is 12.5 Å². The van der Waals surface area contributed by atoms with Crippen molar-refractivity contribution in [1.82, 2.24) is 9.78 Å². The van der Waals surface area contributed by atoms with Gasteiger partial charge in [0, 0.05) is 12.6 Å². The molecule has 1 amide bonds. The normalized spacial score (nSPS) is 9.75. The molecule has 0 radical (unpaired) electrons. The highest BCUT2D eigenvalue weighted by Gasteiger charge is 2.13. The van der Waals surface area contributed by atoms with Crippen LogP contribution in [-0.2, 0) is 7.05 Å². The van der Waals surface area contributed by atoms with Crippen LogP contribution in [0.5, 0.6) is 0 Å². The number of benzene rings is 1. The summed E-state index contributed by atoms with van der Waals surface area (Å²) in [5, 5.41) is 15.7. The Balaban J connectivity index is 2.26. The minimum Gasteiger partial charge on any atom is -0.384 e. The number of aryl methyl sites for hydroxylation is 2. The van der Waals surface area contributed by atoms with Crippen LogP contribution in [0.15, 0.2) is 30.3 Å². The molecule has 0 fully saturated rings. The van der Waals surface area contributed by atoms with Crippen LogP contribution in [0.2, 0.25) is 0 Å². The summed E-state index contributed by atoms with van der Waals surface area (Å²) in [4.78, 5) is 12.2. The number of para-hydroxylation sites is 1. The molecular weight excluding hydrogens is 254 g/mol. The van der Waals surface area contributed by atoms with Gasteiger partial charge in [-0.2, -0.15) is 5.10 Å². The molecule has 20 heavy (non-hydrogen) atoms. The van der Waals surface area contributed by atoms with Gasteiger partial charge in [-0.3, -0.25) is 9.48 Å². The zero-order chi connectivity index (χ0) is 14.5. The first-order valence-electron chi connectivity index (χ1n) is 6.12. The Morgan fingerprint density at radius 3 is 2.85 bits per heavy atom. The lowest BCUT2D eigenvalue weighted by Crippen LogP contribution is -2.16. The maximum atomic E-state index is 12.2. The van der Waals surface area contributed by atoms with Crippen LogP contribution >= 0.6 is 0 Å². The third kappa shape index (κ3) is 3.05. The number of aromatic nitrogens is 2. The van der Waals surface area contributed by atoms with E-state index in [1.807, 2.05) is 19.1 Å². The molecule has 5 nitrogen and oxygen atoms in total. The van der Waals surface area contributed by atoms with E-state index in [0.29, 0.717) is 16.9 Å². The lowest BCUT2D eigenvalue weighted by atomic mass is 10.1. The molecule has 1 heterocycles. The molecular formula is C15H15N3O2. The van der Waals surface area contributed by atoms with Crippen LogP contribution in [0.3, 0.4) is 0 Å². The Morgan fingerprint density at radius 1 is 1.45 bits per heavy atom. The highest BCUT2D eigenvalue weighted by atomic mass is 16.2. The summed E-state index contributed by atoms with van der Waals surface area (Å²) in [6.45, 7) is 1.61. The second kappa shape index (κ2) is 6.04. The van der Waals surface area contributed by atoms with Crippen LogP contribution in [-0.4, -0.2) is 27.4 Å². The van der Waals surface area contributed by atoms with E-state index in [9.17, 15) is 4.79 Å². The summed E-state index contributed by atoms with van der Waals surface area (Å²) in [5.74, 6) is 5.13. The molecule has 0 bridgehead atoms. The Morgan fingerprint density at radius 2 is 2.20 bits per heavy atom. The number of anilines is 1. The molecule has 0 aliphatic carbocycles. The van der Waals surface area contributed by atoms with Gasteiger partial charge in [0.2, 0.25) is 0 Å². The quantitative estimate of drug-likeness (QED) is 0.808. The van der Waals surface area contributed by atoms with Crippen molar-refractivity contribution in [3.8, 4) is 11.8 Å². The lowest BCUT2D eigenvalue weighted by Gasteiger charge is -2.07. The minimum atomic E-state index is -0.244. The summed E-state index contributed by atoms with van der Waals surface area (Å²) in [6, 6.07) is 8.91. The van der Waals surface area contributed by atoms with Crippen molar-refractivity contribution in [3.05, 3.63) is 47.3 Å². The van der Waals surface area contributed by atoms with Gasteiger partial charge in [0.15, 0.2) is 0 Å². The zero-order valence-corrected chi connectivity index (χ0v) is 11.3. The standard InChI is InChI=1S/C15H15N3O2/c1-11-10-14(18(2)17-11)15(20)16-13-8-4-3-6-12(13)7-5-9-19/h3-4,6,8,10,19H,9H2,1-2H3,(H,16,20). The molecule has 2 rings (SSSR count). The van der Waals surface area contributed by atoms with Gasteiger partial charge in [0.25, 0.3) is 5.91 Å². The highest BCUT2D eigenvalue weighted by Crippen LogP contribution is 2.15. The molecule has 0 aliphatic heterocycles. The fourth-order valence-electron chi connectivity index (χ4n) is 1.85. The van der Waals surface area contributed by atoms with Crippen LogP contribution < -0.4 is 5.32 Å². The van der Waals surface area contributed by atoms with Crippen LogP contribution in [0, 0.1) is 18.8 Å². The van der Waals surface area contributed by atoms with Gasteiger partial charge >= 0.3 is 0 Å². The molecule has 5 heteroatoms. The van der Waals surface area contributed by atoms with E-state index < -0.39 is 0 Å². The Hall–Kier alpha value is -2.58. The number of nitrogens with one attached hydrogen (secondary N) is 1. The molecule has 102 valence electrons. The molecule has 0 aliphatic rings. The maximum absolute atomic E-state index is 12.2. The number of aliphatic hydroxyl groups excluding tert-OH is 1. The predicted octanol–water partition coefficient (Wildman–Crippen LogP) is 1.32. The largest absolute Gasteiger partial charge is 0.384 e. The second-order valence-corrected chi connectivity index (χ2v) is 4.25. The maximum Gasteiger partial charge on any atom is 0.273 e. The number of hydrogen-bond donors (Lipinski definition) is 2. The van der Waals surface area contributed by atoms with Crippen LogP contribution in [0.1, 0.15) is 21.7 Å². The average molecular weight is 269 g/mol. The molecule has 0 spiro atoms. The molecule has 0 saturated heterocycles. The third-order valence-electron chi connectivity index (χ3n) is 2.71. The van der Waals surface area contributed by atoms with E-state index in [4.69, 9.17) is 5.11 Å². The molecule has 0 unspecified atom stereocenters. The van der Waals surface area contributed by atoms with Gasteiger partial charge < -0.3 is 10.4 Å². The van der Waals surface area contributed by atoms with Crippen molar-refractivity contribution in [2.24, 2.45) is 7.05 Å². The summed E-state index contributed by atoms with van der Waals surface area (Å²) >= 11 is 0. The number of aliphatic hydroxyl groups is 1. The third-order valence-corrected chi connectivity index (χ3v) is 2.71. The van der Waals surface area contributed by atoms with Gasteiger partial charge in [-0.15, -0.1) is 0 Å². The highest BCUT2D eigenvalue weighted by molar-refractivity contribution is 6.03. The zero-order valence-electron chi connectivity index (χ0n) is 11.3. The number of amides is 1. The van der Waals surface area contributed by atoms with Gasteiger partial charge in [-0.1, -0.05) is 24.0 Å². The first-order chi connectivity index (χ1) is 9.61. The number of carbonyl (C=O) groups excluding carboxylic acids is 1. The predicted molar refractivity (Wildman–Crippen MR) is 76.3 cm³/mol. The Bertz CT molecular complexity index is 693. The topological polar surface area (TPSA) is 67.2 Å². The molecule has 2 aromatic rings. The molecule has 2 N–H and O–H groups in total. The van der Waals surface area contributed by atoms with Crippen molar-refractivity contribution in [3.63, 3.8) is 0 Å². The monoisotopic (exact) mass is 269 g/mol. The van der Waals surface area contributed by atoms with E-state index in [1.165, 1.54) is 4.68 Å². The lowest BCUT2D eigenvalue weighted by molar-refractivity contribution is 0.101. The van der Waals surface area contributed by atoms with Crippen LogP contribution in [0.4, 0.5) is 5.69 Å². The van der Waals surface area contributed by atoms with Crippen molar-refractivity contribution in [2.45, 2.75) is 6.92 Å². The van der Waals surface area contributed by atoms with E-state index >= 15 is 0 Å². The summed E-state index contributed by atoms with van der Waals surface area (Å²) in [6.07, 6.45) is 0. The van der Waals surface area contributed by atoms with Crippen molar-refractivity contribution in [2.75, 3.05) is 11.9 Å². The smallest absolute Gasteiger partial charge is 0.273 e. The molecule has 0 atom stereocenters. The number of rotatable bonds is 2. The fraction of sp³-hybridized carbons (Fsp3) is 0.200. The minimum absolute atomic E-state index is 0.219. The number of nitrogens with zero attached hydrogens (tertiary/aromatic N) is 2. The summed E-state index contributed by atoms with van der Waals surface area (Å²) < 4.78 is 1.53. The fourth-order valence-corrected chi connectivity index (χ4v) is 1.85.